The summed E-state index contributed by atoms with van der Waals surface area (Å²) in [6, 6.07) is 30.3. The van der Waals surface area contributed by atoms with E-state index >= 15 is 0 Å². The van der Waals surface area contributed by atoms with Gasteiger partial charge >= 0.3 is 0 Å². The highest BCUT2D eigenvalue weighted by atomic mass is 79.9. The van der Waals surface area contributed by atoms with Crippen LogP contribution in [-0.2, 0) is 16.4 Å². The number of thiocarbonyl (C=S) groups is 1. The summed E-state index contributed by atoms with van der Waals surface area (Å²) in [6.45, 7) is 2.48. The van der Waals surface area contributed by atoms with Gasteiger partial charge in [-0.15, -0.1) is 0 Å². The number of sulfonamides is 1. The zero-order valence-electron chi connectivity index (χ0n) is 21.7. The van der Waals surface area contributed by atoms with Crippen LogP contribution in [0.25, 0.3) is 0 Å². The normalized spacial score (nSPS) is 10.9. The molecule has 10 heteroatoms. The molecule has 206 valence electrons. The summed E-state index contributed by atoms with van der Waals surface area (Å²) in [5.41, 5.74) is 2.58. The van der Waals surface area contributed by atoms with Crippen LogP contribution in [-0.4, -0.2) is 32.6 Å². The monoisotopic (exact) mass is 637 g/mol. The molecule has 0 aromatic heterocycles. The highest BCUT2D eigenvalue weighted by Crippen LogP contribution is 2.25. The molecule has 0 saturated heterocycles. The number of ether oxygens (including phenoxy) is 1. The summed E-state index contributed by atoms with van der Waals surface area (Å²) >= 11 is 8.75. The Kier molecular flexibility index (Phi) is 9.92. The van der Waals surface area contributed by atoms with Gasteiger partial charge in [0, 0.05) is 23.1 Å². The number of benzene rings is 4. The maximum atomic E-state index is 13.2. The van der Waals surface area contributed by atoms with Gasteiger partial charge in [-0.1, -0.05) is 64.5 Å². The van der Waals surface area contributed by atoms with E-state index in [2.05, 4.69) is 26.6 Å². The van der Waals surface area contributed by atoms with Gasteiger partial charge in [-0.3, -0.25) is 14.4 Å². The largest absolute Gasteiger partial charge is 0.492 e. The van der Waals surface area contributed by atoms with Crippen LogP contribution in [0.3, 0.4) is 0 Å². The smallest absolute Gasteiger partial charge is 0.264 e. The number of nitrogens with zero attached hydrogens (tertiary/aromatic N) is 1. The molecule has 40 heavy (non-hydrogen) atoms. The molecule has 1 amide bonds. The maximum Gasteiger partial charge on any atom is 0.264 e. The number of halogens is 1. The summed E-state index contributed by atoms with van der Waals surface area (Å²) in [6.07, 6.45) is 0.699. The lowest BCUT2D eigenvalue weighted by atomic mass is 10.1. The van der Waals surface area contributed by atoms with Crippen molar-refractivity contribution in [3.8, 4) is 5.75 Å². The van der Waals surface area contributed by atoms with Crippen molar-refractivity contribution in [3.63, 3.8) is 0 Å². The molecule has 0 heterocycles. The molecule has 4 rings (SSSR count). The molecule has 0 saturated carbocycles. The van der Waals surface area contributed by atoms with Gasteiger partial charge in [-0.05, 0) is 79.3 Å². The molecule has 0 aliphatic rings. The number of hydrogen-bond donors (Lipinski definition) is 2. The van der Waals surface area contributed by atoms with Crippen molar-refractivity contribution < 1.29 is 17.9 Å². The molecule has 0 atom stereocenters. The number of para-hydroxylation sites is 1. The van der Waals surface area contributed by atoms with E-state index in [0.717, 1.165) is 10.0 Å². The van der Waals surface area contributed by atoms with Gasteiger partial charge in [0.1, 0.15) is 5.75 Å². The first-order valence-electron chi connectivity index (χ1n) is 12.5. The molecule has 0 radical (unpaired) electrons. The van der Waals surface area contributed by atoms with E-state index in [-0.39, 0.29) is 16.6 Å². The Labute approximate surface area is 248 Å². The SMILES string of the molecule is CCN(c1ccccc1)S(=O)(=O)c1ccc(NC(=S)NC(=O)c2cc(Br)ccc2OCCc2ccccc2)cc1. The summed E-state index contributed by atoms with van der Waals surface area (Å²) < 4.78 is 34.4. The number of nitrogens with one attached hydrogen (secondary N) is 2. The predicted octanol–water partition coefficient (Wildman–Crippen LogP) is 6.41. The molecule has 0 unspecified atom stereocenters. The second-order valence-electron chi connectivity index (χ2n) is 8.66. The van der Waals surface area contributed by atoms with Crippen molar-refractivity contribution in [2.24, 2.45) is 0 Å². The van der Waals surface area contributed by atoms with E-state index in [1.165, 1.54) is 16.4 Å². The van der Waals surface area contributed by atoms with Crippen LogP contribution in [0.2, 0.25) is 0 Å². The van der Waals surface area contributed by atoms with Crippen LogP contribution in [0, 0.1) is 0 Å². The Morgan fingerprint density at radius 2 is 1.57 bits per heavy atom. The van der Waals surface area contributed by atoms with Gasteiger partial charge in [0.2, 0.25) is 0 Å². The first kappa shape index (κ1) is 29.3. The second-order valence-corrected chi connectivity index (χ2v) is 11.8. The average Bonchev–Trinajstić information content (AvgIpc) is 2.95. The van der Waals surface area contributed by atoms with Gasteiger partial charge < -0.3 is 10.1 Å². The fraction of sp³-hybridized carbons (Fsp3) is 0.133. The van der Waals surface area contributed by atoms with Crippen LogP contribution in [0.4, 0.5) is 11.4 Å². The molecule has 2 N–H and O–H groups in total. The third-order valence-electron chi connectivity index (χ3n) is 5.94. The van der Waals surface area contributed by atoms with E-state index in [4.69, 9.17) is 17.0 Å². The van der Waals surface area contributed by atoms with Crippen molar-refractivity contribution in [1.82, 2.24) is 5.32 Å². The van der Waals surface area contributed by atoms with Crippen LogP contribution in [0.15, 0.2) is 112 Å². The summed E-state index contributed by atoms with van der Waals surface area (Å²) in [7, 11) is -3.75. The Morgan fingerprint density at radius 1 is 0.925 bits per heavy atom. The third kappa shape index (κ3) is 7.47. The lowest BCUT2D eigenvalue weighted by Crippen LogP contribution is -2.34. The quantitative estimate of drug-likeness (QED) is 0.195. The van der Waals surface area contributed by atoms with Crippen LogP contribution in [0.5, 0.6) is 5.75 Å². The Balaban J connectivity index is 1.39. The number of anilines is 2. The number of carbonyl (C=O) groups is 1. The topological polar surface area (TPSA) is 87.7 Å². The van der Waals surface area contributed by atoms with Crippen LogP contribution < -0.4 is 19.7 Å². The molecule has 0 bridgehead atoms. The van der Waals surface area contributed by atoms with Crippen molar-refractivity contribution in [3.05, 3.63) is 119 Å². The third-order valence-corrected chi connectivity index (χ3v) is 8.55. The van der Waals surface area contributed by atoms with Gasteiger partial charge in [-0.2, -0.15) is 0 Å². The molecule has 0 aliphatic heterocycles. The summed E-state index contributed by atoms with van der Waals surface area (Å²) in [5.74, 6) is 0.00189. The van der Waals surface area contributed by atoms with Gasteiger partial charge in [0.25, 0.3) is 15.9 Å². The van der Waals surface area contributed by atoms with E-state index in [1.54, 1.807) is 61.5 Å². The minimum atomic E-state index is -3.75. The van der Waals surface area contributed by atoms with Crippen LogP contribution >= 0.6 is 28.1 Å². The highest BCUT2D eigenvalue weighted by Gasteiger charge is 2.23. The summed E-state index contributed by atoms with van der Waals surface area (Å²) in [4.78, 5) is 13.2. The first-order valence-corrected chi connectivity index (χ1v) is 15.2. The second kappa shape index (κ2) is 13.6. The molecule has 0 aliphatic carbocycles. The van der Waals surface area contributed by atoms with Crippen molar-refractivity contribution in [1.29, 1.82) is 0 Å². The number of carbonyl (C=O) groups excluding carboxylic acids is 1. The number of rotatable bonds is 10. The van der Waals surface area contributed by atoms with Gasteiger partial charge in [0.05, 0.1) is 22.8 Å². The lowest BCUT2D eigenvalue weighted by Gasteiger charge is -2.23. The molecule has 4 aromatic carbocycles. The molecule has 0 fully saturated rings. The first-order chi connectivity index (χ1) is 19.3. The Bertz CT molecular complexity index is 1570. The summed E-state index contributed by atoms with van der Waals surface area (Å²) in [5, 5.41) is 5.67. The fourth-order valence-corrected chi connectivity index (χ4v) is 6.03. The maximum absolute atomic E-state index is 13.2. The highest BCUT2D eigenvalue weighted by molar-refractivity contribution is 9.10. The molecule has 7 nitrogen and oxygen atoms in total. The Hall–Kier alpha value is -3.73. The fourth-order valence-electron chi connectivity index (χ4n) is 3.98. The molecular formula is C30H28BrN3O4S2. The zero-order chi connectivity index (χ0) is 28.5. The molecular weight excluding hydrogens is 610 g/mol. The lowest BCUT2D eigenvalue weighted by molar-refractivity contribution is 0.0973. The molecule has 4 aromatic rings. The van der Waals surface area contributed by atoms with Crippen LogP contribution in [0.1, 0.15) is 22.8 Å². The van der Waals surface area contributed by atoms with Gasteiger partial charge in [0.15, 0.2) is 5.11 Å². The minimum Gasteiger partial charge on any atom is -0.492 e. The Morgan fingerprint density at radius 3 is 2.23 bits per heavy atom. The van der Waals surface area contributed by atoms with E-state index < -0.39 is 15.9 Å². The minimum absolute atomic E-state index is 0.0651. The van der Waals surface area contributed by atoms with Gasteiger partial charge in [-0.25, -0.2) is 8.42 Å². The van der Waals surface area contributed by atoms with Crippen molar-refractivity contribution in [2.45, 2.75) is 18.2 Å². The zero-order valence-corrected chi connectivity index (χ0v) is 24.9. The van der Waals surface area contributed by atoms with E-state index in [0.29, 0.717) is 35.7 Å². The average molecular weight is 639 g/mol. The van der Waals surface area contributed by atoms with E-state index in [1.807, 2.05) is 36.4 Å². The number of hydrogen-bond acceptors (Lipinski definition) is 5. The standard InChI is InChI=1S/C30H28BrN3O4S2/c1-2-34(25-11-7-4-8-12-25)40(36,37)26-16-14-24(15-17-26)32-30(39)33-29(35)27-21-23(31)13-18-28(27)38-20-19-22-9-5-3-6-10-22/h3-18,21H,2,19-20H2,1H3,(H2,32,33,35,39). The van der Waals surface area contributed by atoms with E-state index in [9.17, 15) is 13.2 Å². The number of amides is 1. The van der Waals surface area contributed by atoms with Crippen molar-refractivity contribution >= 4 is 60.6 Å². The molecule has 0 spiro atoms. The van der Waals surface area contributed by atoms with Crippen molar-refractivity contribution in [2.75, 3.05) is 22.8 Å². The predicted molar refractivity (Wildman–Crippen MR) is 167 cm³/mol.